The standard InChI is InChI=1S/C18H19N5OS2/c1-22-10-13(9-19-22)17-20-14(11-25-17)12-26-18-21-15-5-3-4-6-16(15)23(18)7-8-24-2/h3-6,9-11H,7-8,12H2,1-2H3. The zero-order chi connectivity index (χ0) is 17.9. The van der Waals surface area contributed by atoms with Crippen molar-refractivity contribution in [3.8, 4) is 10.6 Å². The van der Waals surface area contributed by atoms with Crippen LogP contribution < -0.4 is 0 Å². The Balaban J connectivity index is 1.53. The third kappa shape index (κ3) is 3.53. The molecule has 4 rings (SSSR count). The second-order valence-corrected chi connectivity index (χ2v) is 7.66. The molecule has 1 aromatic carbocycles. The van der Waals surface area contributed by atoms with E-state index < -0.39 is 0 Å². The summed E-state index contributed by atoms with van der Waals surface area (Å²) >= 11 is 3.36. The first kappa shape index (κ1) is 17.3. The molecule has 0 spiro atoms. The van der Waals surface area contributed by atoms with Gasteiger partial charge >= 0.3 is 0 Å². The van der Waals surface area contributed by atoms with E-state index in [0.29, 0.717) is 6.61 Å². The number of thioether (sulfide) groups is 1. The van der Waals surface area contributed by atoms with Crippen LogP contribution in [0.25, 0.3) is 21.6 Å². The molecule has 0 atom stereocenters. The molecule has 3 heterocycles. The number of thiazole rings is 1. The number of methoxy groups -OCH3 is 1. The van der Waals surface area contributed by atoms with Crippen LogP contribution in [0.2, 0.25) is 0 Å². The van der Waals surface area contributed by atoms with E-state index in [4.69, 9.17) is 14.7 Å². The molecule has 0 fully saturated rings. The van der Waals surface area contributed by atoms with Crippen LogP contribution >= 0.6 is 23.1 Å². The molecular weight excluding hydrogens is 366 g/mol. The number of imidazole rings is 1. The third-order valence-corrected chi connectivity index (χ3v) is 5.94. The Kier molecular flexibility index (Phi) is 5.05. The lowest BCUT2D eigenvalue weighted by atomic mass is 10.3. The third-order valence-electron chi connectivity index (χ3n) is 3.99. The molecule has 0 aliphatic carbocycles. The summed E-state index contributed by atoms with van der Waals surface area (Å²) in [7, 11) is 3.64. The molecule has 4 aromatic rings. The van der Waals surface area contributed by atoms with Gasteiger partial charge in [-0.3, -0.25) is 4.68 Å². The molecular formula is C18H19N5OS2. The van der Waals surface area contributed by atoms with Gasteiger partial charge in [-0.15, -0.1) is 11.3 Å². The van der Waals surface area contributed by atoms with Crippen molar-refractivity contribution >= 4 is 34.1 Å². The van der Waals surface area contributed by atoms with Crippen LogP contribution in [0.4, 0.5) is 0 Å². The molecule has 0 radical (unpaired) electrons. The molecule has 0 amide bonds. The minimum Gasteiger partial charge on any atom is -0.383 e. The lowest BCUT2D eigenvalue weighted by Crippen LogP contribution is -2.05. The number of fused-ring (bicyclic) bond motifs is 1. The first-order valence-corrected chi connectivity index (χ1v) is 10.1. The van der Waals surface area contributed by atoms with E-state index in [1.165, 1.54) is 0 Å². The van der Waals surface area contributed by atoms with Crippen LogP contribution in [-0.4, -0.2) is 38.0 Å². The van der Waals surface area contributed by atoms with Gasteiger partial charge in [0.15, 0.2) is 5.16 Å². The summed E-state index contributed by atoms with van der Waals surface area (Å²) in [6.45, 7) is 1.45. The summed E-state index contributed by atoms with van der Waals surface area (Å²) in [5.74, 6) is 0.785. The summed E-state index contributed by atoms with van der Waals surface area (Å²) < 4.78 is 9.27. The lowest BCUT2D eigenvalue weighted by Gasteiger charge is -2.07. The van der Waals surface area contributed by atoms with Gasteiger partial charge in [0.05, 0.1) is 29.5 Å². The number of ether oxygens (including phenoxy) is 1. The van der Waals surface area contributed by atoms with Crippen molar-refractivity contribution < 1.29 is 4.74 Å². The number of hydrogen-bond acceptors (Lipinski definition) is 6. The summed E-state index contributed by atoms with van der Waals surface area (Å²) in [4.78, 5) is 9.52. The molecule has 8 heteroatoms. The maximum absolute atomic E-state index is 5.26. The summed E-state index contributed by atoms with van der Waals surface area (Å²) in [6, 6.07) is 8.21. The molecule has 0 saturated heterocycles. The number of hydrogen-bond donors (Lipinski definition) is 0. The van der Waals surface area contributed by atoms with E-state index in [1.54, 1.807) is 34.9 Å². The summed E-state index contributed by atoms with van der Waals surface area (Å²) in [5.41, 5.74) is 4.27. The van der Waals surface area contributed by atoms with Gasteiger partial charge in [0.2, 0.25) is 0 Å². The highest BCUT2D eigenvalue weighted by Crippen LogP contribution is 2.29. The lowest BCUT2D eigenvalue weighted by molar-refractivity contribution is 0.186. The van der Waals surface area contributed by atoms with Crippen molar-refractivity contribution in [3.63, 3.8) is 0 Å². The normalized spacial score (nSPS) is 11.5. The van der Waals surface area contributed by atoms with Crippen molar-refractivity contribution in [2.45, 2.75) is 17.5 Å². The maximum Gasteiger partial charge on any atom is 0.169 e. The van der Waals surface area contributed by atoms with E-state index in [0.717, 1.165) is 44.8 Å². The van der Waals surface area contributed by atoms with Crippen LogP contribution in [0.15, 0.2) is 47.2 Å². The predicted octanol–water partition coefficient (Wildman–Crippen LogP) is 3.83. The molecule has 3 aromatic heterocycles. The van der Waals surface area contributed by atoms with E-state index in [2.05, 4.69) is 21.1 Å². The second-order valence-electron chi connectivity index (χ2n) is 5.86. The fraction of sp³-hybridized carbons (Fsp3) is 0.278. The van der Waals surface area contributed by atoms with Crippen molar-refractivity contribution in [3.05, 3.63) is 47.7 Å². The van der Waals surface area contributed by atoms with Crippen molar-refractivity contribution in [1.82, 2.24) is 24.3 Å². The van der Waals surface area contributed by atoms with Crippen LogP contribution in [0.3, 0.4) is 0 Å². The van der Waals surface area contributed by atoms with Gasteiger partial charge in [-0.2, -0.15) is 5.10 Å². The summed E-state index contributed by atoms with van der Waals surface area (Å²) in [6.07, 6.45) is 3.83. The molecule has 0 unspecified atom stereocenters. The average molecular weight is 386 g/mol. The van der Waals surface area contributed by atoms with E-state index >= 15 is 0 Å². The highest BCUT2D eigenvalue weighted by atomic mass is 32.2. The Hall–Kier alpha value is -2.16. The van der Waals surface area contributed by atoms with E-state index in [-0.39, 0.29) is 0 Å². The number of aromatic nitrogens is 5. The number of aryl methyl sites for hydroxylation is 1. The number of para-hydroxylation sites is 2. The largest absolute Gasteiger partial charge is 0.383 e. The Morgan fingerprint density at radius 1 is 1.23 bits per heavy atom. The van der Waals surface area contributed by atoms with Gasteiger partial charge in [-0.05, 0) is 12.1 Å². The molecule has 6 nitrogen and oxygen atoms in total. The van der Waals surface area contributed by atoms with Gasteiger partial charge in [-0.1, -0.05) is 23.9 Å². The Bertz CT molecular complexity index is 1020. The molecule has 0 bridgehead atoms. The van der Waals surface area contributed by atoms with E-state index in [1.807, 2.05) is 37.6 Å². The van der Waals surface area contributed by atoms with Gasteiger partial charge in [-0.25, -0.2) is 9.97 Å². The number of nitrogens with zero attached hydrogens (tertiary/aromatic N) is 5. The van der Waals surface area contributed by atoms with Crippen molar-refractivity contribution in [2.24, 2.45) is 7.05 Å². The van der Waals surface area contributed by atoms with Crippen LogP contribution in [0, 0.1) is 0 Å². The Labute approximate surface area is 159 Å². The zero-order valence-electron chi connectivity index (χ0n) is 14.6. The SMILES string of the molecule is COCCn1c(SCc2csc(-c3cnn(C)c3)n2)nc2ccccc21. The molecule has 0 aliphatic heterocycles. The highest BCUT2D eigenvalue weighted by molar-refractivity contribution is 7.98. The molecule has 134 valence electrons. The van der Waals surface area contributed by atoms with Gasteiger partial charge in [0, 0.05) is 43.6 Å². The first-order chi connectivity index (χ1) is 12.7. The molecule has 26 heavy (non-hydrogen) atoms. The highest BCUT2D eigenvalue weighted by Gasteiger charge is 2.13. The smallest absolute Gasteiger partial charge is 0.169 e. The first-order valence-electron chi connectivity index (χ1n) is 8.25. The quantitative estimate of drug-likeness (QED) is 0.453. The topological polar surface area (TPSA) is 57.8 Å². The van der Waals surface area contributed by atoms with Crippen molar-refractivity contribution in [2.75, 3.05) is 13.7 Å². The zero-order valence-corrected chi connectivity index (χ0v) is 16.3. The van der Waals surface area contributed by atoms with E-state index in [9.17, 15) is 0 Å². The fourth-order valence-corrected chi connectivity index (χ4v) is 4.57. The molecule has 0 saturated carbocycles. The average Bonchev–Trinajstić information content (AvgIpc) is 3.36. The Morgan fingerprint density at radius 3 is 2.92 bits per heavy atom. The summed E-state index contributed by atoms with van der Waals surface area (Å²) in [5, 5.41) is 8.32. The monoisotopic (exact) mass is 385 g/mol. The molecule has 0 aliphatic rings. The van der Waals surface area contributed by atoms with Gasteiger partial charge in [0.1, 0.15) is 5.01 Å². The second kappa shape index (κ2) is 7.61. The van der Waals surface area contributed by atoms with Gasteiger partial charge < -0.3 is 9.30 Å². The number of benzene rings is 1. The van der Waals surface area contributed by atoms with Crippen molar-refractivity contribution in [1.29, 1.82) is 0 Å². The minimum atomic E-state index is 0.662. The maximum atomic E-state index is 5.26. The molecule has 0 N–H and O–H groups in total. The predicted molar refractivity (Wildman–Crippen MR) is 105 cm³/mol. The number of rotatable bonds is 7. The van der Waals surface area contributed by atoms with Crippen LogP contribution in [-0.2, 0) is 24.1 Å². The van der Waals surface area contributed by atoms with Crippen LogP contribution in [0.1, 0.15) is 5.69 Å². The fourth-order valence-electron chi connectivity index (χ4n) is 2.74. The van der Waals surface area contributed by atoms with Gasteiger partial charge in [0.25, 0.3) is 0 Å². The minimum absolute atomic E-state index is 0.662. The Morgan fingerprint density at radius 2 is 2.12 bits per heavy atom. The van der Waals surface area contributed by atoms with Crippen LogP contribution in [0.5, 0.6) is 0 Å².